The molecule has 1 fully saturated rings. The molecular formula is C18H19N9O. The highest BCUT2D eigenvalue weighted by molar-refractivity contribution is 5.54. The van der Waals surface area contributed by atoms with Crippen LogP contribution < -0.4 is 10.6 Å². The topological polar surface area (TPSA) is 124 Å². The predicted molar refractivity (Wildman–Crippen MR) is 100 cm³/mol. The molecule has 4 aromatic rings. The van der Waals surface area contributed by atoms with E-state index in [1.54, 1.807) is 0 Å². The molecule has 0 unspecified atom stereocenters. The third kappa shape index (κ3) is 3.07. The molecule has 10 heteroatoms. The van der Waals surface area contributed by atoms with Gasteiger partial charge in [-0.15, -0.1) is 14.8 Å². The first-order valence-corrected chi connectivity index (χ1v) is 9.23. The second-order valence-corrected chi connectivity index (χ2v) is 6.84. The summed E-state index contributed by atoms with van der Waals surface area (Å²) >= 11 is 0. The number of rotatable bonds is 4. The van der Waals surface area contributed by atoms with Gasteiger partial charge in [0.15, 0.2) is 11.5 Å². The summed E-state index contributed by atoms with van der Waals surface area (Å²) < 4.78 is 7.00. The van der Waals surface area contributed by atoms with E-state index in [0.29, 0.717) is 23.9 Å². The van der Waals surface area contributed by atoms with Crippen LogP contribution in [0, 0.1) is 0 Å². The largest absolute Gasteiger partial charge is 0.355 e. The van der Waals surface area contributed by atoms with Gasteiger partial charge in [-0.25, -0.2) is 0 Å². The molecule has 0 radical (unpaired) electrons. The SMILES string of the molecule is NCc1ccc(-c2noc(C3CCN(c4ccc5nnnn5n4)CC3)n2)cc1. The van der Waals surface area contributed by atoms with E-state index in [0.717, 1.165) is 42.9 Å². The molecule has 1 aliphatic heterocycles. The number of tetrazole rings is 1. The van der Waals surface area contributed by atoms with Crippen LogP contribution in [0.3, 0.4) is 0 Å². The molecule has 0 aliphatic carbocycles. The monoisotopic (exact) mass is 377 g/mol. The normalized spacial score (nSPS) is 15.4. The number of anilines is 1. The van der Waals surface area contributed by atoms with E-state index in [1.807, 2.05) is 36.4 Å². The zero-order valence-corrected chi connectivity index (χ0v) is 15.1. The quantitative estimate of drug-likeness (QED) is 0.562. The maximum absolute atomic E-state index is 5.65. The Bertz CT molecular complexity index is 1080. The number of nitrogens with zero attached hydrogens (tertiary/aromatic N) is 8. The molecule has 1 aliphatic rings. The average molecular weight is 377 g/mol. The fourth-order valence-corrected chi connectivity index (χ4v) is 3.47. The predicted octanol–water partition coefficient (Wildman–Crippen LogP) is 1.41. The van der Waals surface area contributed by atoms with Crippen molar-refractivity contribution in [1.82, 2.24) is 35.4 Å². The minimum atomic E-state index is 0.248. The summed E-state index contributed by atoms with van der Waals surface area (Å²) in [6.45, 7) is 2.23. The lowest BCUT2D eigenvalue weighted by Gasteiger charge is -2.30. The third-order valence-electron chi connectivity index (χ3n) is 5.11. The number of hydrogen-bond donors (Lipinski definition) is 1. The first-order valence-electron chi connectivity index (χ1n) is 9.23. The smallest absolute Gasteiger partial charge is 0.230 e. The van der Waals surface area contributed by atoms with Crippen molar-refractivity contribution < 1.29 is 4.52 Å². The zero-order chi connectivity index (χ0) is 18.9. The van der Waals surface area contributed by atoms with E-state index in [-0.39, 0.29) is 5.92 Å². The fraction of sp³-hybridized carbons (Fsp3) is 0.333. The number of benzene rings is 1. The van der Waals surface area contributed by atoms with Crippen LogP contribution >= 0.6 is 0 Å². The molecule has 5 rings (SSSR count). The zero-order valence-electron chi connectivity index (χ0n) is 15.1. The highest BCUT2D eigenvalue weighted by atomic mass is 16.5. The second kappa shape index (κ2) is 6.97. The molecule has 1 saturated heterocycles. The molecule has 3 aromatic heterocycles. The van der Waals surface area contributed by atoms with Gasteiger partial charge in [0, 0.05) is 31.1 Å². The maximum Gasteiger partial charge on any atom is 0.230 e. The lowest BCUT2D eigenvalue weighted by atomic mass is 9.97. The lowest BCUT2D eigenvalue weighted by Crippen LogP contribution is -2.33. The van der Waals surface area contributed by atoms with E-state index in [1.165, 1.54) is 4.63 Å². The Morgan fingerprint density at radius 3 is 2.68 bits per heavy atom. The van der Waals surface area contributed by atoms with Crippen LogP contribution in [0.15, 0.2) is 40.9 Å². The van der Waals surface area contributed by atoms with Gasteiger partial charge in [-0.1, -0.05) is 29.4 Å². The summed E-state index contributed by atoms with van der Waals surface area (Å²) in [6, 6.07) is 11.7. The van der Waals surface area contributed by atoms with E-state index in [4.69, 9.17) is 10.3 Å². The van der Waals surface area contributed by atoms with E-state index < -0.39 is 0 Å². The summed E-state index contributed by atoms with van der Waals surface area (Å²) in [5.41, 5.74) is 8.29. The van der Waals surface area contributed by atoms with Crippen LogP contribution in [0.25, 0.3) is 17.0 Å². The van der Waals surface area contributed by atoms with E-state index in [9.17, 15) is 0 Å². The molecular weight excluding hydrogens is 358 g/mol. The van der Waals surface area contributed by atoms with Crippen molar-refractivity contribution >= 4 is 11.5 Å². The van der Waals surface area contributed by atoms with Crippen molar-refractivity contribution in [1.29, 1.82) is 0 Å². The number of nitrogens with two attached hydrogens (primary N) is 1. The fourth-order valence-electron chi connectivity index (χ4n) is 3.47. The molecule has 2 N–H and O–H groups in total. The summed E-state index contributed by atoms with van der Waals surface area (Å²) in [4.78, 5) is 6.84. The first kappa shape index (κ1) is 16.8. The summed E-state index contributed by atoms with van der Waals surface area (Å²) in [6.07, 6.45) is 1.84. The maximum atomic E-state index is 5.65. The summed E-state index contributed by atoms with van der Waals surface area (Å²) in [7, 11) is 0. The molecule has 0 saturated carbocycles. The van der Waals surface area contributed by atoms with Crippen LogP contribution in [-0.4, -0.2) is 48.5 Å². The highest BCUT2D eigenvalue weighted by Gasteiger charge is 2.26. The van der Waals surface area contributed by atoms with Crippen LogP contribution in [0.4, 0.5) is 5.82 Å². The highest BCUT2D eigenvalue weighted by Crippen LogP contribution is 2.30. The van der Waals surface area contributed by atoms with Gasteiger partial charge in [-0.3, -0.25) is 0 Å². The molecule has 0 bridgehead atoms. The molecule has 4 heterocycles. The molecule has 0 spiro atoms. The number of hydrogen-bond acceptors (Lipinski definition) is 9. The van der Waals surface area contributed by atoms with Gasteiger partial charge in [0.05, 0.1) is 0 Å². The van der Waals surface area contributed by atoms with Gasteiger partial charge in [-0.2, -0.15) is 4.98 Å². The number of fused-ring (bicyclic) bond motifs is 1. The number of aromatic nitrogens is 7. The number of piperidine rings is 1. The van der Waals surface area contributed by atoms with Crippen molar-refractivity contribution in [2.45, 2.75) is 25.3 Å². The summed E-state index contributed by atoms with van der Waals surface area (Å²) in [5, 5.41) is 20.0. The Kier molecular flexibility index (Phi) is 4.17. The van der Waals surface area contributed by atoms with Crippen LogP contribution in [0.2, 0.25) is 0 Å². The van der Waals surface area contributed by atoms with Gasteiger partial charge in [-0.05, 0) is 41.0 Å². The summed E-state index contributed by atoms with van der Waals surface area (Å²) in [5.74, 6) is 2.43. The van der Waals surface area contributed by atoms with Crippen LogP contribution in [0.1, 0.15) is 30.2 Å². The standard InChI is InChI=1S/C18H19N9O/c19-11-12-1-3-13(4-2-12)17-20-18(28-23-17)14-7-9-26(10-8-14)16-6-5-15-21-24-25-27(15)22-16/h1-6,14H,7-11,19H2. The second-order valence-electron chi connectivity index (χ2n) is 6.84. The molecule has 1 aromatic carbocycles. The van der Waals surface area contributed by atoms with E-state index >= 15 is 0 Å². The van der Waals surface area contributed by atoms with Crippen molar-refractivity contribution in [3.8, 4) is 11.4 Å². The van der Waals surface area contributed by atoms with Crippen molar-refractivity contribution in [2.24, 2.45) is 5.73 Å². The molecule has 0 amide bonds. The average Bonchev–Trinajstić information content (AvgIpc) is 3.43. The van der Waals surface area contributed by atoms with Gasteiger partial charge in [0.2, 0.25) is 11.7 Å². The Hall–Kier alpha value is -3.40. The van der Waals surface area contributed by atoms with E-state index in [2.05, 4.69) is 35.7 Å². The van der Waals surface area contributed by atoms with Crippen LogP contribution in [0.5, 0.6) is 0 Å². The minimum Gasteiger partial charge on any atom is -0.355 e. The Morgan fingerprint density at radius 1 is 1.07 bits per heavy atom. The molecule has 142 valence electrons. The lowest BCUT2D eigenvalue weighted by molar-refractivity contribution is 0.329. The van der Waals surface area contributed by atoms with Gasteiger partial charge in [0.25, 0.3) is 0 Å². The first-order chi connectivity index (χ1) is 13.8. The van der Waals surface area contributed by atoms with Crippen molar-refractivity contribution in [3.63, 3.8) is 0 Å². The van der Waals surface area contributed by atoms with Crippen molar-refractivity contribution in [3.05, 3.63) is 47.9 Å². The Morgan fingerprint density at radius 2 is 1.89 bits per heavy atom. The third-order valence-corrected chi connectivity index (χ3v) is 5.11. The Labute approximate surface area is 160 Å². The Balaban J connectivity index is 1.27. The van der Waals surface area contributed by atoms with Crippen LogP contribution in [-0.2, 0) is 6.54 Å². The minimum absolute atomic E-state index is 0.248. The van der Waals surface area contributed by atoms with Gasteiger partial charge >= 0.3 is 0 Å². The molecule has 10 nitrogen and oxygen atoms in total. The van der Waals surface area contributed by atoms with Gasteiger partial charge < -0.3 is 15.2 Å². The van der Waals surface area contributed by atoms with Gasteiger partial charge in [0.1, 0.15) is 0 Å². The molecule has 28 heavy (non-hydrogen) atoms. The van der Waals surface area contributed by atoms with Crippen molar-refractivity contribution in [2.75, 3.05) is 18.0 Å². The molecule has 0 atom stereocenters.